The van der Waals surface area contributed by atoms with Crippen LogP contribution in [0.4, 0.5) is 10.5 Å². The summed E-state index contributed by atoms with van der Waals surface area (Å²) in [5.41, 5.74) is 2.36. The first-order valence-electron chi connectivity index (χ1n) is 10.8. The summed E-state index contributed by atoms with van der Waals surface area (Å²) in [6.07, 6.45) is -0.135. The molecule has 176 valence electrons. The molecule has 2 atom stereocenters. The largest absolute Gasteiger partial charge is 0.453 e. The molecular formula is C25H31N3O5. The van der Waals surface area contributed by atoms with Crippen molar-refractivity contribution in [3.8, 4) is 0 Å². The molecule has 8 heteroatoms. The smallest absolute Gasteiger partial charge is 0.407 e. The SMILES string of the molecule is CCCN(C(=O)[C@H](NC(=O)OC)c1ccccc1)[C@@H](C)C(=O)Nc1cc(C(C)=O)ccc1C. The Kier molecular flexibility index (Phi) is 9.15. The quantitative estimate of drug-likeness (QED) is 0.561. The number of aryl methyl sites for hydroxylation is 1. The van der Waals surface area contributed by atoms with Gasteiger partial charge in [-0.25, -0.2) is 4.79 Å². The lowest BCUT2D eigenvalue weighted by Gasteiger charge is -2.32. The second-order valence-corrected chi connectivity index (χ2v) is 7.76. The van der Waals surface area contributed by atoms with Crippen molar-refractivity contribution in [2.45, 2.75) is 46.2 Å². The molecule has 0 heterocycles. The summed E-state index contributed by atoms with van der Waals surface area (Å²) in [7, 11) is 1.22. The molecule has 0 aliphatic rings. The van der Waals surface area contributed by atoms with E-state index in [-0.39, 0.29) is 5.78 Å². The summed E-state index contributed by atoms with van der Waals surface area (Å²) in [6.45, 7) is 7.12. The summed E-state index contributed by atoms with van der Waals surface area (Å²) < 4.78 is 4.70. The molecule has 0 saturated heterocycles. The molecule has 33 heavy (non-hydrogen) atoms. The maximum Gasteiger partial charge on any atom is 0.407 e. The number of anilines is 1. The number of alkyl carbamates (subject to hydrolysis) is 1. The van der Waals surface area contributed by atoms with Gasteiger partial charge in [0.25, 0.3) is 5.91 Å². The fourth-order valence-electron chi connectivity index (χ4n) is 3.37. The van der Waals surface area contributed by atoms with Gasteiger partial charge < -0.3 is 20.3 Å². The van der Waals surface area contributed by atoms with Gasteiger partial charge >= 0.3 is 6.09 Å². The number of amides is 3. The minimum absolute atomic E-state index is 0.110. The third-order valence-corrected chi connectivity index (χ3v) is 5.32. The third kappa shape index (κ3) is 6.65. The minimum atomic E-state index is -1.01. The molecule has 2 aromatic carbocycles. The summed E-state index contributed by atoms with van der Waals surface area (Å²) in [6, 6.07) is 12.0. The van der Waals surface area contributed by atoms with Gasteiger partial charge in [0.1, 0.15) is 12.1 Å². The van der Waals surface area contributed by atoms with Crippen LogP contribution in [0.15, 0.2) is 48.5 Å². The Morgan fingerprint density at radius 1 is 1.06 bits per heavy atom. The van der Waals surface area contributed by atoms with Gasteiger partial charge in [-0.05, 0) is 44.4 Å². The number of carbonyl (C=O) groups is 4. The van der Waals surface area contributed by atoms with Crippen molar-refractivity contribution < 1.29 is 23.9 Å². The van der Waals surface area contributed by atoms with Crippen molar-refractivity contribution in [1.82, 2.24) is 10.2 Å². The lowest BCUT2D eigenvalue weighted by atomic mass is 10.0. The molecule has 0 aliphatic heterocycles. The van der Waals surface area contributed by atoms with Crippen molar-refractivity contribution >= 4 is 29.4 Å². The van der Waals surface area contributed by atoms with E-state index in [2.05, 4.69) is 10.6 Å². The molecule has 8 nitrogen and oxygen atoms in total. The number of Topliss-reactive ketones (excluding diaryl/α,β-unsaturated/α-hetero) is 1. The van der Waals surface area contributed by atoms with Crippen LogP contribution in [0.1, 0.15) is 54.7 Å². The average Bonchev–Trinajstić information content (AvgIpc) is 2.81. The van der Waals surface area contributed by atoms with Crippen molar-refractivity contribution in [2.24, 2.45) is 0 Å². The Balaban J connectivity index is 2.31. The maximum atomic E-state index is 13.5. The molecule has 0 radical (unpaired) electrons. The highest BCUT2D eigenvalue weighted by Gasteiger charge is 2.33. The highest BCUT2D eigenvalue weighted by Crippen LogP contribution is 2.21. The maximum absolute atomic E-state index is 13.5. The number of ether oxygens (including phenoxy) is 1. The molecule has 0 aromatic heterocycles. The lowest BCUT2D eigenvalue weighted by Crippen LogP contribution is -2.50. The Labute approximate surface area is 194 Å². The van der Waals surface area contributed by atoms with E-state index in [0.29, 0.717) is 29.8 Å². The van der Waals surface area contributed by atoms with Crippen LogP contribution in [0.3, 0.4) is 0 Å². The number of nitrogens with zero attached hydrogens (tertiary/aromatic N) is 1. The first-order valence-corrected chi connectivity index (χ1v) is 10.8. The molecule has 0 spiro atoms. The zero-order chi connectivity index (χ0) is 24.5. The van der Waals surface area contributed by atoms with Gasteiger partial charge in [-0.15, -0.1) is 0 Å². The number of rotatable bonds is 9. The van der Waals surface area contributed by atoms with E-state index in [9.17, 15) is 19.2 Å². The fourth-order valence-corrected chi connectivity index (χ4v) is 3.37. The van der Waals surface area contributed by atoms with E-state index in [0.717, 1.165) is 5.56 Å². The summed E-state index contributed by atoms with van der Waals surface area (Å²) in [4.78, 5) is 51.7. The topological polar surface area (TPSA) is 105 Å². The van der Waals surface area contributed by atoms with Crippen LogP contribution >= 0.6 is 0 Å². The lowest BCUT2D eigenvalue weighted by molar-refractivity contribution is -0.140. The number of hydrogen-bond donors (Lipinski definition) is 2. The number of ketones is 1. The zero-order valence-electron chi connectivity index (χ0n) is 19.7. The molecule has 0 bridgehead atoms. The first-order chi connectivity index (χ1) is 15.7. The number of nitrogens with one attached hydrogen (secondary N) is 2. The predicted molar refractivity (Wildman–Crippen MR) is 126 cm³/mol. The van der Waals surface area contributed by atoms with Gasteiger partial charge in [0.05, 0.1) is 7.11 Å². The monoisotopic (exact) mass is 453 g/mol. The first kappa shape index (κ1) is 25.6. The van der Waals surface area contributed by atoms with Crippen LogP contribution in [0.25, 0.3) is 0 Å². The molecule has 3 amide bonds. The van der Waals surface area contributed by atoms with Crippen LogP contribution in [-0.2, 0) is 14.3 Å². The van der Waals surface area contributed by atoms with Crippen LogP contribution in [0.2, 0.25) is 0 Å². The Hall–Kier alpha value is -3.68. The number of hydrogen-bond acceptors (Lipinski definition) is 5. The van der Waals surface area contributed by atoms with E-state index in [1.807, 2.05) is 13.8 Å². The van der Waals surface area contributed by atoms with Gasteiger partial charge in [0.15, 0.2) is 5.78 Å². The number of methoxy groups -OCH3 is 1. The van der Waals surface area contributed by atoms with E-state index in [1.54, 1.807) is 55.5 Å². The zero-order valence-corrected chi connectivity index (χ0v) is 19.7. The minimum Gasteiger partial charge on any atom is -0.453 e. The van der Waals surface area contributed by atoms with Crippen molar-refractivity contribution in [1.29, 1.82) is 0 Å². The molecular weight excluding hydrogens is 422 g/mol. The van der Waals surface area contributed by atoms with Crippen molar-refractivity contribution in [3.63, 3.8) is 0 Å². The molecule has 0 fully saturated rings. The summed E-state index contributed by atoms with van der Waals surface area (Å²) in [5.74, 6) is -0.934. The Morgan fingerprint density at radius 2 is 1.73 bits per heavy atom. The van der Waals surface area contributed by atoms with Crippen molar-refractivity contribution in [2.75, 3.05) is 19.0 Å². The predicted octanol–water partition coefficient (Wildman–Crippen LogP) is 3.86. The second-order valence-electron chi connectivity index (χ2n) is 7.76. The number of carbonyl (C=O) groups excluding carboxylic acids is 4. The van der Waals surface area contributed by atoms with Gasteiger partial charge in [-0.1, -0.05) is 49.4 Å². The van der Waals surface area contributed by atoms with Crippen LogP contribution in [0.5, 0.6) is 0 Å². The van der Waals surface area contributed by atoms with Gasteiger partial charge in [0, 0.05) is 17.8 Å². The number of benzene rings is 2. The van der Waals surface area contributed by atoms with E-state index >= 15 is 0 Å². The highest BCUT2D eigenvalue weighted by atomic mass is 16.5. The molecule has 2 N–H and O–H groups in total. The molecule has 0 unspecified atom stereocenters. The summed E-state index contributed by atoms with van der Waals surface area (Å²) in [5, 5.41) is 5.41. The Morgan fingerprint density at radius 3 is 2.30 bits per heavy atom. The van der Waals surface area contributed by atoms with Crippen LogP contribution < -0.4 is 10.6 Å². The third-order valence-electron chi connectivity index (χ3n) is 5.32. The molecule has 0 saturated carbocycles. The summed E-state index contributed by atoms with van der Waals surface area (Å²) >= 11 is 0. The van der Waals surface area contributed by atoms with Crippen LogP contribution in [0, 0.1) is 6.92 Å². The van der Waals surface area contributed by atoms with Gasteiger partial charge in [-0.3, -0.25) is 14.4 Å². The molecule has 0 aliphatic carbocycles. The van der Waals surface area contributed by atoms with Crippen molar-refractivity contribution in [3.05, 3.63) is 65.2 Å². The van der Waals surface area contributed by atoms with Crippen LogP contribution in [-0.4, -0.2) is 48.3 Å². The normalized spacial score (nSPS) is 12.3. The standard InChI is InChI=1S/C25H31N3O5/c1-6-14-28(24(31)22(27-25(32)33-5)19-10-8-7-9-11-19)17(3)23(30)26-21-15-20(18(4)29)13-12-16(21)2/h7-13,15,17,22H,6,14H2,1-5H3,(H,26,30)(H,27,32)/t17-,22+/m0/s1. The van der Waals surface area contributed by atoms with E-state index in [1.165, 1.54) is 18.9 Å². The van der Waals surface area contributed by atoms with Gasteiger partial charge in [0.2, 0.25) is 5.91 Å². The van der Waals surface area contributed by atoms with E-state index in [4.69, 9.17) is 4.74 Å². The molecule has 2 rings (SSSR count). The second kappa shape index (κ2) is 11.8. The van der Waals surface area contributed by atoms with E-state index < -0.39 is 30.0 Å². The van der Waals surface area contributed by atoms with Gasteiger partial charge in [-0.2, -0.15) is 0 Å². The average molecular weight is 454 g/mol. The molecule has 2 aromatic rings. The highest BCUT2D eigenvalue weighted by molar-refractivity contribution is 6.00. The Bertz CT molecular complexity index is 1010. The fraction of sp³-hybridized carbons (Fsp3) is 0.360.